The molecule has 0 aromatic carbocycles. The summed E-state index contributed by atoms with van der Waals surface area (Å²) in [6.45, 7) is 2.02. The molecular formula is C10H14N4O3S. The van der Waals surface area contributed by atoms with E-state index in [9.17, 15) is 8.42 Å². The van der Waals surface area contributed by atoms with Gasteiger partial charge in [0, 0.05) is 19.3 Å². The number of aromatic amines is 1. The van der Waals surface area contributed by atoms with Gasteiger partial charge in [-0.1, -0.05) is 0 Å². The van der Waals surface area contributed by atoms with Gasteiger partial charge < -0.3 is 4.74 Å². The van der Waals surface area contributed by atoms with Crippen molar-refractivity contribution < 1.29 is 13.2 Å². The smallest absolute Gasteiger partial charge is 0.258 e. The molecule has 8 heteroatoms. The second-order valence-electron chi connectivity index (χ2n) is 3.90. The molecule has 2 aromatic heterocycles. The largest absolute Gasteiger partial charge is 0.383 e. The van der Waals surface area contributed by atoms with Crippen LogP contribution in [-0.2, 0) is 14.8 Å². The van der Waals surface area contributed by atoms with Gasteiger partial charge in [-0.05, 0) is 19.1 Å². The van der Waals surface area contributed by atoms with Gasteiger partial charge in [-0.3, -0.25) is 5.10 Å². The van der Waals surface area contributed by atoms with E-state index in [1.807, 2.05) is 0 Å². The van der Waals surface area contributed by atoms with E-state index in [2.05, 4.69) is 19.9 Å². The summed E-state index contributed by atoms with van der Waals surface area (Å²) >= 11 is 0. The van der Waals surface area contributed by atoms with Gasteiger partial charge in [0.25, 0.3) is 10.0 Å². The number of pyridine rings is 1. The van der Waals surface area contributed by atoms with Crippen molar-refractivity contribution in [1.82, 2.24) is 19.9 Å². The molecule has 0 saturated heterocycles. The number of H-pyrrole nitrogens is 1. The van der Waals surface area contributed by atoms with Crippen molar-refractivity contribution in [3.63, 3.8) is 0 Å². The summed E-state index contributed by atoms with van der Waals surface area (Å²) in [5, 5.41) is 6.84. The van der Waals surface area contributed by atoms with Crippen molar-refractivity contribution in [2.24, 2.45) is 0 Å². The summed E-state index contributed by atoms with van der Waals surface area (Å²) in [6.07, 6.45) is 1.56. The predicted molar refractivity (Wildman–Crippen MR) is 65.5 cm³/mol. The Morgan fingerprint density at radius 2 is 2.33 bits per heavy atom. The van der Waals surface area contributed by atoms with Crippen LogP contribution in [0, 0.1) is 0 Å². The number of fused-ring (bicyclic) bond motifs is 1. The average Bonchev–Trinajstić information content (AvgIpc) is 2.72. The van der Waals surface area contributed by atoms with Crippen LogP contribution in [0.5, 0.6) is 0 Å². The third kappa shape index (κ3) is 2.50. The SMILES string of the molecule is COCC(C)NS(=O)(=O)c1[nH]nc2ncccc12. The fourth-order valence-electron chi connectivity index (χ4n) is 1.64. The second-order valence-corrected chi connectivity index (χ2v) is 5.56. The topological polar surface area (TPSA) is 97.0 Å². The van der Waals surface area contributed by atoms with Gasteiger partial charge in [0.05, 0.1) is 12.0 Å². The summed E-state index contributed by atoms with van der Waals surface area (Å²) in [7, 11) is -2.14. The maximum absolute atomic E-state index is 12.1. The molecule has 0 aliphatic carbocycles. The zero-order valence-corrected chi connectivity index (χ0v) is 10.9. The number of hydrogen-bond donors (Lipinski definition) is 2. The number of nitrogens with zero attached hydrogens (tertiary/aromatic N) is 2. The first-order valence-electron chi connectivity index (χ1n) is 5.35. The molecule has 2 aromatic rings. The first kappa shape index (κ1) is 12.9. The summed E-state index contributed by atoms with van der Waals surface area (Å²) in [6, 6.07) is 2.99. The van der Waals surface area contributed by atoms with Gasteiger partial charge in [-0.2, -0.15) is 5.10 Å². The number of nitrogens with one attached hydrogen (secondary N) is 2. The summed E-state index contributed by atoms with van der Waals surface area (Å²) in [5.41, 5.74) is 0.372. The quantitative estimate of drug-likeness (QED) is 0.813. The van der Waals surface area contributed by atoms with Crippen LogP contribution >= 0.6 is 0 Å². The van der Waals surface area contributed by atoms with Crippen molar-refractivity contribution in [3.8, 4) is 0 Å². The molecule has 2 heterocycles. The first-order chi connectivity index (χ1) is 8.54. The van der Waals surface area contributed by atoms with E-state index in [-0.39, 0.29) is 11.1 Å². The Morgan fingerprint density at radius 3 is 3.06 bits per heavy atom. The lowest BCUT2D eigenvalue weighted by molar-refractivity contribution is 0.180. The molecule has 18 heavy (non-hydrogen) atoms. The van der Waals surface area contributed by atoms with Gasteiger partial charge in [0.2, 0.25) is 0 Å². The molecule has 0 bridgehead atoms. The average molecular weight is 270 g/mol. The third-order valence-electron chi connectivity index (χ3n) is 2.34. The molecule has 0 aliphatic rings. The number of methoxy groups -OCH3 is 1. The molecule has 1 atom stereocenters. The van der Waals surface area contributed by atoms with Crippen LogP contribution in [0.25, 0.3) is 11.0 Å². The fourth-order valence-corrected chi connectivity index (χ4v) is 2.97. The molecule has 2 N–H and O–H groups in total. The predicted octanol–water partition coefficient (Wildman–Crippen LogP) is 0.271. The van der Waals surface area contributed by atoms with Gasteiger partial charge in [-0.15, -0.1) is 0 Å². The monoisotopic (exact) mass is 270 g/mol. The zero-order valence-electron chi connectivity index (χ0n) is 10.0. The first-order valence-corrected chi connectivity index (χ1v) is 6.83. The van der Waals surface area contributed by atoms with E-state index in [0.29, 0.717) is 17.6 Å². The lowest BCUT2D eigenvalue weighted by Crippen LogP contribution is -2.35. The minimum atomic E-state index is -3.65. The Hall–Kier alpha value is -1.51. The molecule has 0 aliphatic heterocycles. The fraction of sp³-hybridized carbons (Fsp3) is 0.400. The van der Waals surface area contributed by atoms with Crippen molar-refractivity contribution in [2.45, 2.75) is 18.0 Å². The van der Waals surface area contributed by atoms with Crippen LogP contribution in [0.2, 0.25) is 0 Å². The molecule has 0 spiro atoms. The van der Waals surface area contributed by atoms with E-state index >= 15 is 0 Å². The summed E-state index contributed by atoms with van der Waals surface area (Å²) in [5.74, 6) is 0. The molecule has 0 amide bonds. The maximum atomic E-state index is 12.1. The number of rotatable bonds is 5. The summed E-state index contributed by atoms with van der Waals surface area (Å²) in [4.78, 5) is 3.97. The Labute approximate surface area is 105 Å². The van der Waals surface area contributed by atoms with E-state index in [1.54, 1.807) is 25.3 Å². The highest BCUT2D eigenvalue weighted by Crippen LogP contribution is 2.17. The van der Waals surface area contributed by atoms with Gasteiger partial charge in [-0.25, -0.2) is 18.1 Å². The Morgan fingerprint density at radius 1 is 1.56 bits per heavy atom. The molecule has 0 radical (unpaired) electrons. The van der Waals surface area contributed by atoms with Crippen LogP contribution in [0.3, 0.4) is 0 Å². The summed E-state index contributed by atoms with van der Waals surface area (Å²) < 4.78 is 31.6. The molecule has 2 rings (SSSR count). The van der Waals surface area contributed by atoms with Crippen LogP contribution in [0.15, 0.2) is 23.4 Å². The van der Waals surface area contributed by atoms with Crippen LogP contribution in [-0.4, -0.2) is 43.4 Å². The number of sulfonamides is 1. The van der Waals surface area contributed by atoms with Gasteiger partial charge in [0.1, 0.15) is 0 Å². The normalized spacial score (nSPS) is 13.9. The molecule has 0 fully saturated rings. The number of aromatic nitrogens is 3. The number of hydrogen-bond acceptors (Lipinski definition) is 5. The Kier molecular flexibility index (Phi) is 3.60. The minimum Gasteiger partial charge on any atom is -0.383 e. The van der Waals surface area contributed by atoms with Crippen molar-refractivity contribution in [3.05, 3.63) is 18.3 Å². The van der Waals surface area contributed by atoms with E-state index in [1.165, 1.54) is 7.11 Å². The van der Waals surface area contributed by atoms with Crippen LogP contribution in [0.4, 0.5) is 0 Å². The maximum Gasteiger partial charge on any atom is 0.258 e. The van der Waals surface area contributed by atoms with Gasteiger partial charge in [0.15, 0.2) is 10.7 Å². The van der Waals surface area contributed by atoms with Crippen LogP contribution < -0.4 is 4.72 Å². The molecule has 98 valence electrons. The van der Waals surface area contributed by atoms with E-state index in [0.717, 1.165) is 0 Å². The van der Waals surface area contributed by atoms with Crippen molar-refractivity contribution in [1.29, 1.82) is 0 Å². The molecular weight excluding hydrogens is 256 g/mol. The van der Waals surface area contributed by atoms with E-state index < -0.39 is 10.0 Å². The minimum absolute atomic E-state index is 0.0218. The molecule has 7 nitrogen and oxygen atoms in total. The standard InChI is InChI=1S/C10H14N4O3S/c1-7(6-17-2)14-18(15,16)10-8-4-3-5-11-9(8)12-13-10/h3-5,7,14H,6H2,1-2H3,(H,11,12,13). The lowest BCUT2D eigenvalue weighted by Gasteiger charge is -2.12. The molecule has 1 unspecified atom stereocenters. The highest BCUT2D eigenvalue weighted by Gasteiger charge is 2.22. The zero-order chi connectivity index (χ0) is 13.2. The number of ether oxygens (including phenoxy) is 1. The second kappa shape index (κ2) is 5.01. The Balaban J connectivity index is 2.35. The lowest BCUT2D eigenvalue weighted by atomic mass is 10.4. The third-order valence-corrected chi connectivity index (χ3v) is 3.90. The highest BCUT2D eigenvalue weighted by atomic mass is 32.2. The molecule has 0 saturated carbocycles. The van der Waals surface area contributed by atoms with E-state index in [4.69, 9.17) is 4.74 Å². The Bertz CT molecular complexity index is 637. The van der Waals surface area contributed by atoms with Crippen molar-refractivity contribution >= 4 is 21.1 Å². The van der Waals surface area contributed by atoms with Crippen LogP contribution in [0.1, 0.15) is 6.92 Å². The van der Waals surface area contributed by atoms with Crippen molar-refractivity contribution in [2.75, 3.05) is 13.7 Å². The highest BCUT2D eigenvalue weighted by molar-refractivity contribution is 7.89. The van der Waals surface area contributed by atoms with Gasteiger partial charge >= 0.3 is 0 Å².